The second kappa shape index (κ2) is 6.72. The lowest BCUT2D eigenvalue weighted by Gasteiger charge is -2.34. The molecule has 26 heavy (non-hydrogen) atoms. The molecule has 0 spiro atoms. The van der Waals surface area contributed by atoms with Gasteiger partial charge in [0, 0.05) is 31.5 Å². The molecule has 2 fully saturated rings. The molecule has 134 valence electrons. The maximum absolute atomic E-state index is 5.57. The molecule has 5 rings (SSSR count). The van der Waals surface area contributed by atoms with E-state index in [4.69, 9.17) is 9.72 Å². The second-order valence-electron chi connectivity index (χ2n) is 7.36. The predicted molar refractivity (Wildman–Crippen MR) is 103 cm³/mol. The molecule has 4 heterocycles. The van der Waals surface area contributed by atoms with Gasteiger partial charge in [-0.25, -0.2) is 9.97 Å². The largest absolute Gasteiger partial charge is 0.381 e. The minimum atomic E-state index is 0.576. The molecule has 0 aliphatic carbocycles. The van der Waals surface area contributed by atoms with Crippen LogP contribution in [-0.2, 0) is 4.74 Å². The van der Waals surface area contributed by atoms with Gasteiger partial charge in [0.05, 0.1) is 5.39 Å². The fourth-order valence-corrected chi connectivity index (χ4v) is 4.58. The van der Waals surface area contributed by atoms with Gasteiger partial charge in [0.15, 0.2) is 0 Å². The van der Waals surface area contributed by atoms with E-state index in [2.05, 4.69) is 45.2 Å². The minimum absolute atomic E-state index is 0.576. The number of hydrogen-bond acceptors (Lipinski definition) is 4. The minimum Gasteiger partial charge on any atom is -0.381 e. The number of benzene rings is 1. The van der Waals surface area contributed by atoms with Crippen molar-refractivity contribution in [1.82, 2.24) is 15.0 Å². The van der Waals surface area contributed by atoms with E-state index in [0.717, 1.165) is 55.1 Å². The Morgan fingerprint density at radius 2 is 1.88 bits per heavy atom. The average molecular weight is 348 g/mol. The molecule has 2 saturated heterocycles. The van der Waals surface area contributed by atoms with Crippen LogP contribution in [0.25, 0.3) is 22.3 Å². The van der Waals surface area contributed by atoms with Gasteiger partial charge in [-0.3, -0.25) is 0 Å². The number of aromatic amines is 1. The quantitative estimate of drug-likeness (QED) is 0.777. The lowest BCUT2D eigenvalue weighted by atomic mass is 9.90. The first-order valence-electron chi connectivity index (χ1n) is 9.64. The van der Waals surface area contributed by atoms with Crippen molar-refractivity contribution in [2.75, 3.05) is 24.7 Å². The van der Waals surface area contributed by atoms with Crippen molar-refractivity contribution in [2.45, 2.75) is 31.7 Å². The summed E-state index contributed by atoms with van der Waals surface area (Å²) in [5, 5.41) is 1.13. The Bertz CT molecular complexity index is 885. The van der Waals surface area contributed by atoms with Gasteiger partial charge in [0.1, 0.15) is 17.8 Å². The molecule has 2 aliphatic rings. The molecule has 1 aromatic carbocycles. The van der Waals surface area contributed by atoms with Crippen LogP contribution in [0.5, 0.6) is 0 Å². The van der Waals surface area contributed by atoms with Crippen molar-refractivity contribution in [3.05, 3.63) is 42.7 Å². The summed E-state index contributed by atoms with van der Waals surface area (Å²) >= 11 is 0. The maximum atomic E-state index is 5.57. The van der Waals surface area contributed by atoms with Gasteiger partial charge in [-0.05, 0) is 43.2 Å². The van der Waals surface area contributed by atoms with Gasteiger partial charge in [0.25, 0.3) is 0 Å². The van der Waals surface area contributed by atoms with Crippen molar-refractivity contribution < 1.29 is 4.74 Å². The standard InChI is InChI=1S/C21H24N4O/c1-2-5-15(6-3-1)18-13-17-20(24-18)22-14-23-21(17)25-10-4-7-19(25)16-8-11-26-12-9-16/h1-3,5-6,13-14,16,19H,4,7-12H2,(H,22,23,24). The fourth-order valence-electron chi connectivity index (χ4n) is 4.58. The van der Waals surface area contributed by atoms with Gasteiger partial charge in [-0.2, -0.15) is 0 Å². The van der Waals surface area contributed by atoms with Crippen LogP contribution < -0.4 is 4.90 Å². The highest BCUT2D eigenvalue weighted by Gasteiger charge is 2.34. The molecule has 1 unspecified atom stereocenters. The molecule has 5 nitrogen and oxygen atoms in total. The monoisotopic (exact) mass is 348 g/mol. The number of aromatic nitrogens is 3. The molecule has 0 saturated carbocycles. The molecule has 2 aromatic heterocycles. The number of ether oxygens (including phenoxy) is 1. The average Bonchev–Trinajstić information content (AvgIpc) is 3.36. The first-order valence-corrected chi connectivity index (χ1v) is 9.64. The van der Waals surface area contributed by atoms with Crippen LogP contribution in [0.4, 0.5) is 5.82 Å². The summed E-state index contributed by atoms with van der Waals surface area (Å²) in [6.07, 6.45) is 6.52. The van der Waals surface area contributed by atoms with Gasteiger partial charge >= 0.3 is 0 Å². The van der Waals surface area contributed by atoms with E-state index in [-0.39, 0.29) is 0 Å². The Morgan fingerprint density at radius 1 is 1.04 bits per heavy atom. The smallest absolute Gasteiger partial charge is 0.143 e. The highest BCUT2D eigenvalue weighted by molar-refractivity contribution is 5.92. The van der Waals surface area contributed by atoms with E-state index < -0.39 is 0 Å². The third-order valence-corrected chi connectivity index (χ3v) is 5.87. The van der Waals surface area contributed by atoms with Crippen LogP contribution in [-0.4, -0.2) is 40.8 Å². The number of nitrogens with zero attached hydrogens (tertiary/aromatic N) is 3. The van der Waals surface area contributed by atoms with Crippen LogP contribution in [0.3, 0.4) is 0 Å². The first-order chi connectivity index (χ1) is 12.9. The summed E-state index contributed by atoms with van der Waals surface area (Å²) in [7, 11) is 0. The number of H-pyrrole nitrogens is 1. The Morgan fingerprint density at radius 3 is 2.73 bits per heavy atom. The molecule has 0 radical (unpaired) electrons. The number of rotatable bonds is 3. The van der Waals surface area contributed by atoms with Gasteiger partial charge in [-0.15, -0.1) is 0 Å². The lowest BCUT2D eigenvalue weighted by molar-refractivity contribution is 0.0588. The summed E-state index contributed by atoms with van der Waals surface area (Å²) in [5.74, 6) is 1.80. The lowest BCUT2D eigenvalue weighted by Crippen LogP contribution is -2.38. The Hall–Kier alpha value is -2.40. The number of anilines is 1. The summed E-state index contributed by atoms with van der Waals surface area (Å²) in [6, 6.07) is 13.2. The normalized spacial score (nSPS) is 21.5. The molecular formula is C21H24N4O. The number of nitrogens with one attached hydrogen (secondary N) is 1. The zero-order valence-corrected chi connectivity index (χ0v) is 14.9. The van der Waals surface area contributed by atoms with Crippen molar-refractivity contribution in [2.24, 2.45) is 5.92 Å². The maximum Gasteiger partial charge on any atom is 0.143 e. The number of hydrogen-bond donors (Lipinski definition) is 1. The van der Waals surface area contributed by atoms with E-state index in [1.165, 1.54) is 18.4 Å². The van der Waals surface area contributed by atoms with Gasteiger partial charge in [0.2, 0.25) is 0 Å². The van der Waals surface area contributed by atoms with E-state index in [1.54, 1.807) is 6.33 Å². The van der Waals surface area contributed by atoms with Crippen LogP contribution in [0, 0.1) is 5.92 Å². The zero-order chi connectivity index (χ0) is 17.3. The molecule has 5 heteroatoms. The molecule has 1 atom stereocenters. The highest BCUT2D eigenvalue weighted by Crippen LogP contribution is 2.37. The first kappa shape index (κ1) is 15.8. The van der Waals surface area contributed by atoms with Crippen LogP contribution >= 0.6 is 0 Å². The van der Waals surface area contributed by atoms with Crippen molar-refractivity contribution in [1.29, 1.82) is 0 Å². The second-order valence-corrected chi connectivity index (χ2v) is 7.36. The van der Waals surface area contributed by atoms with Crippen LogP contribution in [0.1, 0.15) is 25.7 Å². The number of fused-ring (bicyclic) bond motifs is 1. The molecule has 0 amide bonds. The van der Waals surface area contributed by atoms with Gasteiger partial charge in [-0.1, -0.05) is 30.3 Å². The van der Waals surface area contributed by atoms with E-state index in [1.807, 2.05) is 6.07 Å². The third kappa shape index (κ3) is 2.76. The molecule has 0 bridgehead atoms. The zero-order valence-electron chi connectivity index (χ0n) is 14.9. The van der Waals surface area contributed by atoms with E-state index in [0.29, 0.717) is 12.0 Å². The Labute approximate surface area is 153 Å². The molecule has 3 aromatic rings. The summed E-state index contributed by atoms with van der Waals surface area (Å²) in [4.78, 5) is 15.2. The van der Waals surface area contributed by atoms with E-state index in [9.17, 15) is 0 Å². The van der Waals surface area contributed by atoms with Crippen molar-refractivity contribution >= 4 is 16.9 Å². The topological polar surface area (TPSA) is 54.0 Å². The summed E-state index contributed by atoms with van der Waals surface area (Å²) in [6.45, 7) is 2.88. The molecular weight excluding hydrogens is 324 g/mol. The molecule has 1 N–H and O–H groups in total. The van der Waals surface area contributed by atoms with Crippen LogP contribution in [0.2, 0.25) is 0 Å². The summed E-state index contributed by atoms with van der Waals surface area (Å²) < 4.78 is 5.57. The van der Waals surface area contributed by atoms with E-state index >= 15 is 0 Å². The molecule has 2 aliphatic heterocycles. The third-order valence-electron chi connectivity index (χ3n) is 5.87. The van der Waals surface area contributed by atoms with Crippen molar-refractivity contribution in [3.8, 4) is 11.3 Å². The van der Waals surface area contributed by atoms with Crippen LogP contribution in [0.15, 0.2) is 42.7 Å². The Balaban J connectivity index is 1.53. The van der Waals surface area contributed by atoms with Crippen molar-refractivity contribution in [3.63, 3.8) is 0 Å². The Kier molecular flexibility index (Phi) is 4.09. The highest BCUT2D eigenvalue weighted by atomic mass is 16.5. The SMILES string of the molecule is c1ccc(-c2cc3c(N4CCCC4C4CCOCC4)ncnc3[nH]2)cc1. The van der Waals surface area contributed by atoms with Gasteiger partial charge < -0.3 is 14.6 Å². The fraction of sp³-hybridized carbons (Fsp3) is 0.429. The summed E-state index contributed by atoms with van der Waals surface area (Å²) in [5.41, 5.74) is 3.20. The predicted octanol–water partition coefficient (Wildman–Crippen LogP) is 4.02.